The van der Waals surface area contributed by atoms with Gasteiger partial charge in [-0.15, -0.1) is 0 Å². The molecule has 3 N–H and O–H groups in total. The predicted octanol–water partition coefficient (Wildman–Crippen LogP) is 6.56. The number of carboxylic acid groups (broad SMARTS) is 1. The average molecular weight is 602 g/mol. The number of amides is 1. The number of allylic oxidation sites excluding steroid dienone is 1. The van der Waals surface area contributed by atoms with Gasteiger partial charge in [-0.1, -0.05) is 31.6 Å². The van der Waals surface area contributed by atoms with Crippen molar-refractivity contribution >= 4 is 40.2 Å². The first-order valence-electron chi connectivity index (χ1n) is 12.8. The van der Waals surface area contributed by atoms with Crippen LogP contribution in [0.1, 0.15) is 62.4 Å². The molecule has 2 aromatic rings. The van der Waals surface area contributed by atoms with Crippen molar-refractivity contribution in [3.63, 3.8) is 0 Å². The molecule has 2 aliphatic carbocycles. The highest BCUT2D eigenvalue weighted by atomic mass is 127. The van der Waals surface area contributed by atoms with Crippen molar-refractivity contribution in [2.75, 3.05) is 5.32 Å². The fourth-order valence-corrected chi connectivity index (χ4v) is 6.96. The lowest BCUT2D eigenvalue weighted by Gasteiger charge is -2.56. The number of hydrogen-bond donors (Lipinski definition) is 3. The third kappa shape index (κ3) is 5.86. The van der Waals surface area contributed by atoms with Gasteiger partial charge in [0.2, 0.25) is 5.91 Å². The number of aromatic carboxylic acids is 1. The average Bonchev–Trinajstić information content (AvgIpc) is 2.83. The standard InChI is InChI=1S/C30H36INO4/c1-18(14-28(34)32-24-11-6-21(7-12-24)29(35)36)22-8-13-26-25(16-20-4-9-23(31)10-5-20)27(33)15-19(2)30(26,3)17-22/h4-7,9-12,14,19,22,25-27,33H,8,13,15-17H2,1-3H3,(H,32,34)(H,35,36)/b18-14+/t19-,22-,25+,26+,27-,30+/m1/s1. The van der Waals surface area contributed by atoms with Gasteiger partial charge in [0.25, 0.3) is 0 Å². The fourth-order valence-electron chi connectivity index (χ4n) is 6.60. The summed E-state index contributed by atoms with van der Waals surface area (Å²) >= 11 is 2.33. The molecule has 0 aliphatic heterocycles. The molecule has 2 aliphatic rings. The Bertz CT molecular complexity index is 1130. The molecule has 1 amide bonds. The second-order valence-corrected chi connectivity index (χ2v) is 12.3. The SMILES string of the molecule is C/C(=C\C(=O)Nc1ccc(C(=O)O)cc1)[C@@H]1CC[C@H]2[C@H](Cc3ccc(I)cc3)[C@H](O)C[C@@H](C)[C@]2(C)C1. The number of hydrogen-bond acceptors (Lipinski definition) is 3. The first-order chi connectivity index (χ1) is 17.1. The number of nitrogens with one attached hydrogen (secondary N) is 1. The summed E-state index contributed by atoms with van der Waals surface area (Å²) in [5.41, 5.74) is 3.27. The Hall–Kier alpha value is -2.19. The quantitative estimate of drug-likeness (QED) is 0.259. The second-order valence-electron chi connectivity index (χ2n) is 11.0. The lowest BCUT2D eigenvalue weighted by Crippen LogP contribution is -2.52. The predicted molar refractivity (Wildman–Crippen MR) is 151 cm³/mol. The van der Waals surface area contributed by atoms with Crippen molar-refractivity contribution in [2.45, 2.75) is 59.0 Å². The molecular weight excluding hydrogens is 565 g/mol. The van der Waals surface area contributed by atoms with E-state index in [9.17, 15) is 14.7 Å². The Balaban J connectivity index is 1.45. The Morgan fingerprint density at radius 2 is 1.78 bits per heavy atom. The number of fused-ring (bicyclic) bond motifs is 1. The molecule has 4 rings (SSSR count). The highest BCUT2D eigenvalue weighted by Crippen LogP contribution is 2.58. The van der Waals surface area contributed by atoms with E-state index in [1.165, 1.54) is 21.3 Å². The third-order valence-corrected chi connectivity index (χ3v) is 9.60. The molecule has 0 unspecified atom stereocenters. The summed E-state index contributed by atoms with van der Waals surface area (Å²) in [6, 6.07) is 14.9. The third-order valence-electron chi connectivity index (χ3n) is 8.88. The molecule has 0 bridgehead atoms. The van der Waals surface area contributed by atoms with Gasteiger partial charge in [-0.3, -0.25) is 4.79 Å². The van der Waals surface area contributed by atoms with Gasteiger partial charge in [0, 0.05) is 15.3 Å². The molecule has 6 atom stereocenters. The van der Waals surface area contributed by atoms with E-state index in [-0.39, 0.29) is 28.9 Å². The van der Waals surface area contributed by atoms with Crippen LogP contribution in [-0.4, -0.2) is 28.2 Å². The lowest BCUT2D eigenvalue weighted by atomic mass is 9.49. The normalized spacial score (nSPS) is 30.4. The summed E-state index contributed by atoms with van der Waals surface area (Å²) in [6.45, 7) is 6.73. The van der Waals surface area contributed by atoms with Gasteiger partial charge in [-0.2, -0.15) is 0 Å². The second kappa shape index (κ2) is 11.1. The maximum Gasteiger partial charge on any atom is 0.335 e. The molecule has 0 saturated heterocycles. The highest BCUT2D eigenvalue weighted by Gasteiger charge is 2.52. The summed E-state index contributed by atoms with van der Waals surface area (Å²) in [7, 11) is 0. The van der Waals surface area contributed by atoms with E-state index in [4.69, 9.17) is 5.11 Å². The molecule has 0 spiro atoms. The highest BCUT2D eigenvalue weighted by molar-refractivity contribution is 14.1. The molecule has 5 nitrogen and oxygen atoms in total. The smallest absolute Gasteiger partial charge is 0.335 e. The van der Waals surface area contributed by atoms with Gasteiger partial charge >= 0.3 is 5.97 Å². The van der Waals surface area contributed by atoms with Crippen molar-refractivity contribution in [1.82, 2.24) is 0 Å². The van der Waals surface area contributed by atoms with E-state index in [0.717, 1.165) is 37.7 Å². The zero-order chi connectivity index (χ0) is 26.0. The van der Waals surface area contributed by atoms with Crippen LogP contribution in [0.15, 0.2) is 60.2 Å². The van der Waals surface area contributed by atoms with Gasteiger partial charge in [0.15, 0.2) is 0 Å². The van der Waals surface area contributed by atoms with Crippen LogP contribution in [0.5, 0.6) is 0 Å². The van der Waals surface area contributed by atoms with Crippen LogP contribution in [0.4, 0.5) is 5.69 Å². The first-order valence-corrected chi connectivity index (χ1v) is 13.9. The number of aliphatic hydroxyl groups excluding tert-OH is 1. The van der Waals surface area contributed by atoms with E-state index in [2.05, 4.69) is 66.0 Å². The molecule has 2 fully saturated rings. The topological polar surface area (TPSA) is 86.6 Å². The molecule has 2 saturated carbocycles. The molecule has 192 valence electrons. The summed E-state index contributed by atoms with van der Waals surface area (Å²) in [5.74, 6) is 0.296. The van der Waals surface area contributed by atoms with Crippen LogP contribution >= 0.6 is 22.6 Å². The van der Waals surface area contributed by atoms with E-state index < -0.39 is 5.97 Å². The molecule has 0 heterocycles. The van der Waals surface area contributed by atoms with Crippen molar-refractivity contribution in [1.29, 1.82) is 0 Å². The van der Waals surface area contributed by atoms with Crippen LogP contribution in [0.3, 0.4) is 0 Å². The monoisotopic (exact) mass is 601 g/mol. The Morgan fingerprint density at radius 3 is 2.42 bits per heavy atom. The maximum atomic E-state index is 12.7. The Morgan fingerprint density at radius 1 is 1.11 bits per heavy atom. The van der Waals surface area contributed by atoms with Crippen LogP contribution in [0.25, 0.3) is 0 Å². The molecule has 2 aromatic carbocycles. The minimum absolute atomic E-state index is 0.119. The minimum atomic E-state index is -0.988. The number of carbonyl (C=O) groups is 2. The van der Waals surface area contributed by atoms with Crippen molar-refractivity contribution < 1.29 is 19.8 Å². The van der Waals surface area contributed by atoms with Crippen LogP contribution in [0.2, 0.25) is 0 Å². The van der Waals surface area contributed by atoms with Gasteiger partial charge in [0.1, 0.15) is 0 Å². The fraction of sp³-hybridized carbons (Fsp3) is 0.467. The van der Waals surface area contributed by atoms with Gasteiger partial charge in [0.05, 0.1) is 11.7 Å². The van der Waals surface area contributed by atoms with Crippen LogP contribution in [-0.2, 0) is 11.2 Å². The largest absolute Gasteiger partial charge is 0.478 e. The van der Waals surface area contributed by atoms with Gasteiger partial charge < -0.3 is 15.5 Å². The van der Waals surface area contributed by atoms with Gasteiger partial charge in [-0.25, -0.2) is 4.79 Å². The summed E-state index contributed by atoms with van der Waals surface area (Å²) in [5, 5.41) is 23.0. The maximum absolute atomic E-state index is 12.7. The number of carbonyl (C=O) groups excluding carboxylic acids is 1. The summed E-state index contributed by atoms with van der Waals surface area (Å²) in [4.78, 5) is 23.7. The Labute approximate surface area is 227 Å². The van der Waals surface area contributed by atoms with Crippen molar-refractivity contribution in [3.05, 3.63) is 74.9 Å². The minimum Gasteiger partial charge on any atom is -0.478 e. The number of carboxylic acids is 1. The molecule has 36 heavy (non-hydrogen) atoms. The number of benzene rings is 2. The molecule has 0 aromatic heterocycles. The van der Waals surface area contributed by atoms with Crippen LogP contribution < -0.4 is 5.32 Å². The molecule has 0 radical (unpaired) electrons. The number of aliphatic hydroxyl groups is 1. The zero-order valence-corrected chi connectivity index (χ0v) is 23.4. The van der Waals surface area contributed by atoms with Gasteiger partial charge in [-0.05, 0) is 133 Å². The van der Waals surface area contributed by atoms with Crippen molar-refractivity contribution in [3.8, 4) is 0 Å². The number of halogens is 1. The molecule has 6 heteroatoms. The van der Waals surface area contributed by atoms with Crippen LogP contribution in [0, 0.1) is 32.7 Å². The van der Waals surface area contributed by atoms with E-state index in [1.54, 1.807) is 18.2 Å². The Kier molecular flexibility index (Phi) is 8.25. The van der Waals surface area contributed by atoms with E-state index in [1.807, 2.05) is 6.92 Å². The summed E-state index contributed by atoms with van der Waals surface area (Å²) in [6.07, 6.45) is 6.26. The molecular formula is C30H36INO4. The lowest BCUT2D eigenvalue weighted by molar-refractivity contribution is -0.112. The zero-order valence-electron chi connectivity index (χ0n) is 21.2. The summed E-state index contributed by atoms with van der Waals surface area (Å²) < 4.78 is 1.23. The van der Waals surface area contributed by atoms with E-state index >= 15 is 0 Å². The number of rotatable bonds is 6. The number of anilines is 1. The van der Waals surface area contributed by atoms with Crippen molar-refractivity contribution in [2.24, 2.45) is 29.1 Å². The van der Waals surface area contributed by atoms with E-state index in [0.29, 0.717) is 23.4 Å². The first kappa shape index (κ1) is 26.9.